The zero-order valence-corrected chi connectivity index (χ0v) is 26.4. The monoisotopic (exact) mass is 600 g/mol. The summed E-state index contributed by atoms with van der Waals surface area (Å²) in [4.78, 5) is 28.2. The lowest BCUT2D eigenvalue weighted by molar-refractivity contribution is 0.0732. The van der Waals surface area contributed by atoms with E-state index in [0.29, 0.717) is 17.9 Å². The Labute approximate surface area is 254 Å². The van der Waals surface area contributed by atoms with Crippen LogP contribution in [0.15, 0.2) is 97.2 Å². The second kappa shape index (κ2) is 13.3. The van der Waals surface area contributed by atoms with Crippen LogP contribution in [0.4, 0.5) is 10.5 Å². The molecule has 43 heavy (non-hydrogen) atoms. The molecule has 0 unspecified atom stereocenters. The van der Waals surface area contributed by atoms with Gasteiger partial charge in [0.1, 0.15) is 12.4 Å². The molecule has 3 aromatic rings. The van der Waals surface area contributed by atoms with Gasteiger partial charge in [-0.15, -0.1) is 0 Å². The van der Waals surface area contributed by atoms with E-state index in [9.17, 15) is 14.7 Å². The molecule has 1 heterocycles. The van der Waals surface area contributed by atoms with Crippen LogP contribution >= 0.6 is 0 Å². The lowest BCUT2D eigenvalue weighted by Crippen LogP contribution is -2.68. The van der Waals surface area contributed by atoms with E-state index in [-0.39, 0.29) is 29.5 Å². The lowest BCUT2D eigenvalue weighted by atomic mass is 10.1. The molecule has 1 aliphatic heterocycles. The van der Waals surface area contributed by atoms with E-state index in [1.54, 1.807) is 18.3 Å². The van der Waals surface area contributed by atoms with Gasteiger partial charge in [-0.3, -0.25) is 10.1 Å². The Hall–Kier alpha value is -4.34. The maximum Gasteiger partial charge on any atom is 0.411 e. The highest BCUT2D eigenvalue weighted by Gasteiger charge is 2.52. The van der Waals surface area contributed by atoms with Crippen LogP contribution in [-0.4, -0.2) is 56.7 Å². The number of hydrogen-bond acceptors (Lipinski definition) is 6. The van der Waals surface area contributed by atoms with Crippen LogP contribution in [0.3, 0.4) is 0 Å². The number of hydrogen-bond donors (Lipinski definition) is 2. The minimum atomic E-state index is -3.09. The molecule has 0 bridgehead atoms. The number of aliphatic hydroxyl groups is 1. The summed E-state index contributed by atoms with van der Waals surface area (Å²) < 4.78 is 18.2. The summed E-state index contributed by atoms with van der Waals surface area (Å²) in [6.07, 6.45) is 2.99. The molecule has 0 fully saturated rings. The van der Waals surface area contributed by atoms with Crippen molar-refractivity contribution in [3.8, 4) is 11.5 Å². The number of nitrogens with zero attached hydrogens (tertiary/aromatic N) is 1. The molecule has 2 amide bonds. The third kappa shape index (κ3) is 6.53. The maximum atomic E-state index is 13.9. The van der Waals surface area contributed by atoms with Gasteiger partial charge in [0, 0.05) is 12.3 Å². The quantitative estimate of drug-likeness (QED) is 0.236. The molecule has 0 saturated heterocycles. The van der Waals surface area contributed by atoms with Crippen molar-refractivity contribution in [1.82, 2.24) is 4.90 Å². The summed E-state index contributed by atoms with van der Waals surface area (Å²) in [5.41, 5.74) is 1.33. The number of methoxy groups -OCH3 is 1. The number of carbonyl (C=O) groups is 2. The molecule has 4 rings (SSSR count). The average Bonchev–Trinajstić information content (AvgIpc) is 3.39. The Kier molecular flexibility index (Phi) is 9.78. The molecule has 0 aliphatic carbocycles. The van der Waals surface area contributed by atoms with Crippen molar-refractivity contribution in [3.63, 3.8) is 0 Å². The molecular weight excluding hydrogens is 560 g/mol. The largest absolute Gasteiger partial charge is 0.531 e. The molecule has 8 nitrogen and oxygen atoms in total. The van der Waals surface area contributed by atoms with Crippen molar-refractivity contribution in [2.24, 2.45) is 0 Å². The highest BCUT2D eigenvalue weighted by Crippen LogP contribution is 2.42. The first-order valence-electron chi connectivity index (χ1n) is 14.2. The van der Waals surface area contributed by atoms with Gasteiger partial charge in [0.15, 0.2) is 5.75 Å². The zero-order chi connectivity index (χ0) is 31.2. The van der Waals surface area contributed by atoms with Gasteiger partial charge in [-0.25, -0.2) is 4.79 Å². The third-order valence-electron chi connectivity index (χ3n) is 7.54. The first-order chi connectivity index (χ1) is 20.5. The van der Waals surface area contributed by atoms with Gasteiger partial charge in [-0.1, -0.05) is 99.7 Å². The number of nitrogens with one attached hydrogen (secondary N) is 1. The summed E-state index contributed by atoms with van der Waals surface area (Å²) in [6.45, 7) is 11.8. The normalized spacial score (nSPS) is 15.0. The molecule has 2 N–H and O–H groups in total. The zero-order valence-electron chi connectivity index (χ0n) is 25.4. The van der Waals surface area contributed by atoms with Crippen molar-refractivity contribution in [1.29, 1.82) is 0 Å². The standard InChI is InChI=1S/C34H40N2O6Si/c1-7-18-41-33(39)35-29-21-31(30(40-6)20-28(29)32(38)36-22-24(2)19-25(36)23-37)42-43(34(3,4)5,26-14-10-8-11-15-26)27-16-12-9-13-17-27/h7-17,20-22,25,37H,1,18-19,23H2,2-6H3,(H,35,39)/t25-/m0/s1. The first-order valence-corrected chi connectivity index (χ1v) is 16.1. The molecule has 0 radical (unpaired) electrons. The number of rotatable bonds is 10. The van der Waals surface area contributed by atoms with Crippen LogP contribution in [0.25, 0.3) is 0 Å². The van der Waals surface area contributed by atoms with Gasteiger partial charge in [-0.2, -0.15) is 0 Å². The summed E-state index contributed by atoms with van der Waals surface area (Å²) >= 11 is 0. The van der Waals surface area contributed by atoms with Crippen LogP contribution in [-0.2, 0) is 4.74 Å². The number of ether oxygens (including phenoxy) is 2. The maximum absolute atomic E-state index is 13.9. The second-order valence-electron chi connectivity index (χ2n) is 11.6. The van der Waals surface area contributed by atoms with Crippen molar-refractivity contribution in [2.75, 3.05) is 25.6 Å². The molecule has 0 aromatic heterocycles. The van der Waals surface area contributed by atoms with Crippen LogP contribution in [0.2, 0.25) is 5.04 Å². The van der Waals surface area contributed by atoms with Crippen molar-refractivity contribution >= 4 is 36.4 Å². The number of carbonyl (C=O) groups excluding carboxylic acids is 2. The van der Waals surface area contributed by atoms with Crippen molar-refractivity contribution < 1.29 is 28.6 Å². The Morgan fingerprint density at radius 2 is 1.65 bits per heavy atom. The van der Waals surface area contributed by atoms with E-state index in [2.05, 4.69) is 56.9 Å². The summed E-state index contributed by atoms with van der Waals surface area (Å²) in [6, 6.07) is 23.1. The van der Waals surface area contributed by atoms with Crippen molar-refractivity contribution in [2.45, 2.75) is 45.2 Å². The molecule has 0 saturated carbocycles. The topological polar surface area (TPSA) is 97.3 Å². The van der Waals surface area contributed by atoms with E-state index in [1.165, 1.54) is 18.1 Å². The highest BCUT2D eigenvalue weighted by atomic mass is 28.4. The number of anilines is 1. The molecular formula is C34H40N2O6Si. The van der Waals surface area contributed by atoms with Gasteiger partial charge in [0.25, 0.3) is 5.91 Å². The smallest absolute Gasteiger partial charge is 0.411 e. The molecule has 0 spiro atoms. The fourth-order valence-corrected chi connectivity index (χ4v) is 9.98. The molecule has 3 aromatic carbocycles. The van der Waals surface area contributed by atoms with Crippen LogP contribution < -0.4 is 24.9 Å². The number of benzene rings is 3. The van der Waals surface area contributed by atoms with E-state index in [0.717, 1.165) is 15.9 Å². The third-order valence-corrected chi connectivity index (χ3v) is 12.5. The van der Waals surface area contributed by atoms with E-state index >= 15 is 0 Å². The fraction of sp³-hybridized carbons (Fsp3) is 0.294. The minimum Gasteiger partial charge on any atom is -0.531 e. The average molecular weight is 601 g/mol. The number of amides is 2. The van der Waals surface area contributed by atoms with Crippen LogP contribution in [0.1, 0.15) is 44.5 Å². The summed E-state index contributed by atoms with van der Waals surface area (Å²) in [7, 11) is -1.58. The summed E-state index contributed by atoms with van der Waals surface area (Å²) in [5.74, 6) is 0.311. The van der Waals surface area contributed by atoms with E-state index < -0.39 is 26.4 Å². The first kappa shape index (κ1) is 31.6. The fourth-order valence-electron chi connectivity index (χ4n) is 5.56. The Morgan fingerprint density at radius 1 is 1.05 bits per heavy atom. The Morgan fingerprint density at radius 3 is 2.16 bits per heavy atom. The summed E-state index contributed by atoms with van der Waals surface area (Å²) in [5, 5.41) is 14.5. The Balaban J connectivity index is 1.92. The highest BCUT2D eigenvalue weighted by molar-refractivity contribution is 7.00. The van der Waals surface area contributed by atoms with Gasteiger partial charge in [0.2, 0.25) is 0 Å². The second-order valence-corrected chi connectivity index (χ2v) is 15.8. The SMILES string of the molecule is C=CCOC(=O)Nc1cc(O[Si](c2ccccc2)(c2ccccc2)C(C)(C)C)c(OC)cc1C(=O)N1C=C(C)C[C@H]1CO. The predicted octanol–water partition coefficient (Wildman–Crippen LogP) is 5.48. The van der Waals surface area contributed by atoms with Gasteiger partial charge in [-0.05, 0) is 34.8 Å². The Bertz CT molecular complexity index is 1440. The van der Waals surface area contributed by atoms with Gasteiger partial charge in [0.05, 0.1) is 31.0 Å². The van der Waals surface area contributed by atoms with E-state index in [4.69, 9.17) is 13.9 Å². The van der Waals surface area contributed by atoms with E-state index in [1.807, 2.05) is 43.3 Å². The van der Waals surface area contributed by atoms with Crippen LogP contribution in [0, 0.1) is 0 Å². The molecule has 1 aliphatic rings. The molecule has 226 valence electrons. The number of aliphatic hydroxyl groups excluding tert-OH is 1. The van der Waals surface area contributed by atoms with Gasteiger partial charge >= 0.3 is 14.4 Å². The molecule has 1 atom stereocenters. The van der Waals surface area contributed by atoms with Crippen molar-refractivity contribution in [3.05, 3.63) is 103 Å². The van der Waals surface area contributed by atoms with Crippen LogP contribution in [0.5, 0.6) is 11.5 Å². The molecule has 9 heteroatoms. The predicted molar refractivity (Wildman–Crippen MR) is 172 cm³/mol. The lowest BCUT2D eigenvalue weighted by Gasteiger charge is -2.43. The minimum absolute atomic E-state index is 0.00265. The van der Waals surface area contributed by atoms with Gasteiger partial charge < -0.3 is 23.9 Å².